The van der Waals surface area contributed by atoms with Gasteiger partial charge in [0, 0.05) is 24.0 Å². The van der Waals surface area contributed by atoms with Gasteiger partial charge in [-0.25, -0.2) is 5.43 Å². The Morgan fingerprint density at radius 2 is 2.32 bits per heavy atom. The van der Waals surface area contributed by atoms with Gasteiger partial charge in [0.2, 0.25) is 0 Å². The van der Waals surface area contributed by atoms with E-state index in [1.165, 1.54) is 6.21 Å². The average molecular weight is 295 g/mol. The molecule has 3 aromatic rings. The summed E-state index contributed by atoms with van der Waals surface area (Å²) in [6, 6.07) is 8.87. The van der Waals surface area contributed by atoms with E-state index >= 15 is 0 Å². The molecule has 2 N–H and O–H groups in total. The number of hydrogen-bond acceptors (Lipinski definition) is 5. The first-order valence-corrected chi connectivity index (χ1v) is 6.58. The van der Waals surface area contributed by atoms with Gasteiger partial charge in [-0.2, -0.15) is 10.2 Å². The third-order valence-corrected chi connectivity index (χ3v) is 2.88. The van der Waals surface area contributed by atoms with Crippen molar-refractivity contribution in [1.82, 2.24) is 20.6 Å². The number of furan rings is 1. The van der Waals surface area contributed by atoms with Crippen LogP contribution in [0.25, 0.3) is 11.5 Å². The highest BCUT2D eigenvalue weighted by molar-refractivity contribution is 5.93. The lowest BCUT2D eigenvalue weighted by molar-refractivity contribution is 0.0950. The molecule has 0 aromatic carbocycles. The van der Waals surface area contributed by atoms with Crippen LogP contribution in [0.5, 0.6) is 0 Å². The second-order valence-electron chi connectivity index (χ2n) is 4.56. The fraction of sp³-hybridized carbons (Fsp3) is 0.0667. The van der Waals surface area contributed by atoms with E-state index in [0.717, 1.165) is 11.3 Å². The number of hydrazone groups is 1. The molecule has 3 aromatic heterocycles. The minimum Gasteiger partial charge on any atom is -0.460 e. The lowest BCUT2D eigenvalue weighted by Gasteiger charge is -1.94. The topological polar surface area (TPSA) is 96.2 Å². The highest BCUT2D eigenvalue weighted by Gasteiger charge is 2.12. The van der Waals surface area contributed by atoms with E-state index in [9.17, 15) is 4.79 Å². The Labute approximate surface area is 126 Å². The maximum Gasteiger partial charge on any atom is 0.291 e. The van der Waals surface area contributed by atoms with Crippen molar-refractivity contribution in [2.75, 3.05) is 0 Å². The van der Waals surface area contributed by atoms with Crippen molar-refractivity contribution in [1.29, 1.82) is 0 Å². The van der Waals surface area contributed by atoms with Gasteiger partial charge >= 0.3 is 0 Å². The largest absolute Gasteiger partial charge is 0.460 e. The normalized spacial score (nSPS) is 11.0. The van der Waals surface area contributed by atoms with E-state index in [-0.39, 0.29) is 5.69 Å². The van der Waals surface area contributed by atoms with Gasteiger partial charge in [-0.3, -0.25) is 14.9 Å². The molecule has 0 radical (unpaired) electrons. The van der Waals surface area contributed by atoms with E-state index in [4.69, 9.17) is 4.42 Å². The molecule has 0 aliphatic rings. The molecular formula is C15H13N5O2. The van der Waals surface area contributed by atoms with Gasteiger partial charge < -0.3 is 4.42 Å². The molecule has 1 amide bonds. The van der Waals surface area contributed by atoms with Crippen LogP contribution < -0.4 is 5.43 Å². The number of nitrogens with one attached hydrogen (secondary N) is 2. The summed E-state index contributed by atoms with van der Waals surface area (Å²) < 4.78 is 5.46. The van der Waals surface area contributed by atoms with Crippen LogP contribution in [0.4, 0.5) is 0 Å². The standard InChI is InChI=1S/C15H13N5O2/c1-10-4-5-14(22-10)12-7-13(19-18-12)15(21)20-17-9-11-3-2-6-16-8-11/h2-9H,1H3,(H,18,19)(H,20,21)/b17-9-. The number of carbonyl (C=O) groups is 1. The fourth-order valence-electron chi connectivity index (χ4n) is 1.82. The molecule has 22 heavy (non-hydrogen) atoms. The quantitative estimate of drug-likeness (QED) is 0.569. The van der Waals surface area contributed by atoms with Crippen LogP contribution in [-0.4, -0.2) is 27.3 Å². The van der Waals surface area contributed by atoms with Crippen LogP contribution in [0.3, 0.4) is 0 Å². The van der Waals surface area contributed by atoms with Gasteiger partial charge in [-0.1, -0.05) is 6.07 Å². The summed E-state index contributed by atoms with van der Waals surface area (Å²) in [5, 5.41) is 10.6. The number of aryl methyl sites for hydroxylation is 1. The summed E-state index contributed by atoms with van der Waals surface area (Å²) in [6.45, 7) is 1.85. The highest BCUT2D eigenvalue weighted by Crippen LogP contribution is 2.20. The van der Waals surface area contributed by atoms with E-state index in [2.05, 4.69) is 25.7 Å². The molecule has 110 valence electrons. The zero-order valence-corrected chi connectivity index (χ0v) is 11.8. The minimum absolute atomic E-state index is 0.229. The second kappa shape index (κ2) is 6.04. The van der Waals surface area contributed by atoms with Gasteiger partial charge in [0.05, 0.1) is 6.21 Å². The molecule has 0 spiro atoms. The summed E-state index contributed by atoms with van der Waals surface area (Å²) in [4.78, 5) is 15.9. The number of hydrogen-bond donors (Lipinski definition) is 2. The van der Waals surface area contributed by atoms with Crippen LogP contribution in [0, 0.1) is 6.92 Å². The number of nitrogens with zero attached hydrogens (tertiary/aromatic N) is 3. The van der Waals surface area contributed by atoms with E-state index < -0.39 is 5.91 Å². The molecule has 0 aliphatic heterocycles. The molecule has 0 saturated carbocycles. The van der Waals surface area contributed by atoms with Gasteiger partial charge in [0.1, 0.15) is 11.5 Å². The average Bonchev–Trinajstić information content (AvgIpc) is 3.17. The number of pyridine rings is 1. The second-order valence-corrected chi connectivity index (χ2v) is 4.56. The molecule has 7 heteroatoms. The van der Waals surface area contributed by atoms with E-state index in [1.54, 1.807) is 24.5 Å². The van der Waals surface area contributed by atoms with Crippen molar-refractivity contribution >= 4 is 12.1 Å². The third kappa shape index (κ3) is 3.09. The van der Waals surface area contributed by atoms with Gasteiger partial charge in [-0.15, -0.1) is 0 Å². The van der Waals surface area contributed by atoms with Crippen molar-refractivity contribution in [3.05, 3.63) is 59.7 Å². The lowest BCUT2D eigenvalue weighted by Crippen LogP contribution is -2.18. The Morgan fingerprint density at radius 1 is 1.41 bits per heavy atom. The number of amides is 1. The molecule has 0 aliphatic carbocycles. The maximum absolute atomic E-state index is 11.9. The molecule has 0 bridgehead atoms. The van der Waals surface area contributed by atoms with Crippen molar-refractivity contribution in [2.24, 2.45) is 5.10 Å². The van der Waals surface area contributed by atoms with Crippen molar-refractivity contribution in [2.45, 2.75) is 6.92 Å². The van der Waals surface area contributed by atoms with Crippen LogP contribution in [-0.2, 0) is 0 Å². The number of aromatic nitrogens is 3. The summed E-state index contributed by atoms with van der Waals surface area (Å²) in [6.07, 6.45) is 4.81. The van der Waals surface area contributed by atoms with Gasteiger partial charge in [-0.05, 0) is 25.1 Å². The SMILES string of the molecule is Cc1ccc(-c2cc(C(=O)N/N=C\c3cccnc3)n[nH]2)o1. The molecule has 0 fully saturated rings. The zero-order chi connectivity index (χ0) is 15.4. The van der Waals surface area contributed by atoms with E-state index in [1.807, 2.05) is 25.1 Å². The first-order chi connectivity index (χ1) is 10.7. The predicted molar refractivity (Wildman–Crippen MR) is 80.3 cm³/mol. The smallest absolute Gasteiger partial charge is 0.291 e. The Morgan fingerprint density at radius 3 is 3.05 bits per heavy atom. The highest BCUT2D eigenvalue weighted by atomic mass is 16.3. The van der Waals surface area contributed by atoms with Crippen LogP contribution in [0.2, 0.25) is 0 Å². The minimum atomic E-state index is -0.411. The van der Waals surface area contributed by atoms with Crippen LogP contribution in [0.15, 0.2) is 52.2 Å². The zero-order valence-electron chi connectivity index (χ0n) is 11.8. The number of aromatic amines is 1. The summed E-state index contributed by atoms with van der Waals surface area (Å²) in [5.41, 5.74) is 4.06. The molecule has 0 saturated heterocycles. The van der Waals surface area contributed by atoms with Gasteiger partial charge in [0.15, 0.2) is 11.5 Å². The van der Waals surface area contributed by atoms with Crippen molar-refractivity contribution in [3.8, 4) is 11.5 Å². The first kappa shape index (κ1) is 13.7. The van der Waals surface area contributed by atoms with E-state index in [0.29, 0.717) is 11.5 Å². The maximum atomic E-state index is 11.9. The number of carbonyl (C=O) groups excluding carboxylic acids is 1. The summed E-state index contributed by atoms with van der Waals surface area (Å²) in [5.74, 6) is 1.01. The summed E-state index contributed by atoms with van der Waals surface area (Å²) >= 11 is 0. The van der Waals surface area contributed by atoms with Crippen LogP contribution in [0.1, 0.15) is 21.8 Å². The molecule has 3 rings (SSSR count). The monoisotopic (exact) mass is 295 g/mol. The third-order valence-electron chi connectivity index (χ3n) is 2.88. The van der Waals surface area contributed by atoms with Crippen molar-refractivity contribution in [3.63, 3.8) is 0 Å². The number of H-pyrrole nitrogens is 1. The molecule has 0 atom stereocenters. The molecule has 3 heterocycles. The van der Waals surface area contributed by atoms with Gasteiger partial charge in [0.25, 0.3) is 5.91 Å². The van der Waals surface area contributed by atoms with Crippen LogP contribution >= 0.6 is 0 Å². The Hall–Kier alpha value is -3.22. The predicted octanol–water partition coefficient (Wildman–Crippen LogP) is 2.14. The first-order valence-electron chi connectivity index (χ1n) is 6.58. The van der Waals surface area contributed by atoms with Crippen molar-refractivity contribution < 1.29 is 9.21 Å². The molecule has 0 unspecified atom stereocenters. The Balaban J connectivity index is 1.66. The molecule has 7 nitrogen and oxygen atoms in total. The molecular weight excluding hydrogens is 282 g/mol. The fourth-order valence-corrected chi connectivity index (χ4v) is 1.82. The Kier molecular flexibility index (Phi) is 3.78. The number of rotatable bonds is 4. The Bertz CT molecular complexity index is 804. The lowest BCUT2D eigenvalue weighted by atomic mass is 10.3. The summed E-state index contributed by atoms with van der Waals surface area (Å²) in [7, 11) is 0.